The first-order valence-corrected chi connectivity index (χ1v) is 9.34. The lowest BCUT2D eigenvalue weighted by molar-refractivity contribution is -0.176. The summed E-state index contributed by atoms with van der Waals surface area (Å²) >= 11 is 1.57. The Balaban J connectivity index is 1.48. The van der Waals surface area contributed by atoms with Gasteiger partial charge in [-0.15, -0.1) is 11.3 Å². The third-order valence-corrected chi connectivity index (χ3v) is 5.47. The highest BCUT2D eigenvalue weighted by Crippen LogP contribution is 2.29. The molecule has 0 aliphatic heterocycles. The van der Waals surface area contributed by atoms with Crippen molar-refractivity contribution in [1.29, 1.82) is 0 Å². The molecule has 1 aliphatic carbocycles. The van der Waals surface area contributed by atoms with E-state index in [0.29, 0.717) is 12.1 Å². The highest BCUT2D eigenvalue weighted by Gasteiger charge is 2.27. The molecule has 3 nitrogen and oxygen atoms in total. The molecule has 0 atom stereocenters. The Labute approximate surface area is 154 Å². The van der Waals surface area contributed by atoms with Crippen LogP contribution in [0.4, 0.5) is 13.2 Å². The molecule has 1 aromatic heterocycles. The molecule has 2 aromatic rings. The molecule has 26 heavy (non-hydrogen) atoms. The number of thiophene rings is 1. The summed E-state index contributed by atoms with van der Waals surface area (Å²) < 4.78 is 40.8. The van der Waals surface area contributed by atoms with Crippen LogP contribution in [0.25, 0.3) is 0 Å². The Morgan fingerprint density at radius 2 is 1.81 bits per heavy atom. The number of carbonyl (C=O) groups is 1. The molecule has 0 fully saturated rings. The summed E-state index contributed by atoms with van der Waals surface area (Å²) in [5, 5.41) is 2.90. The second-order valence-corrected chi connectivity index (χ2v) is 7.51. The number of hydrogen-bond acceptors (Lipinski definition) is 3. The van der Waals surface area contributed by atoms with Crippen LogP contribution in [-0.4, -0.2) is 18.7 Å². The molecule has 0 unspecified atom stereocenters. The van der Waals surface area contributed by atoms with Crippen molar-refractivity contribution < 1.29 is 22.7 Å². The lowest BCUT2D eigenvalue weighted by atomic mass is 9.99. The van der Waals surface area contributed by atoms with E-state index in [-0.39, 0.29) is 12.5 Å². The van der Waals surface area contributed by atoms with E-state index in [1.165, 1.54) is 23.3 Å². The maximum absolute atomic E-state index is 12.3. The van der Waals surface area contributed by atoms with Crippen molar-refractivity contribution in [2.24, 2.45) is 0 Å². The molecular formula is C19H20F3NO2S. The Morgan fingerprint density at radius 1 is 1.12 bits per heavy atom. The van der Waals surface area contributed by atoms with Crippen molar-refractivity contribution in [3.63, 3.8) is 0 Å². The Hall–Kier alpha value is -1.86. The summed E-state index contributed by atoms with van der Waals surface area (Å²) in [5.74, 6) is -0.0815. The molecular weight excluding hydrogens is 363 g/mol. The van der Waals surface area contributed by atoms with Crippen LogP contribution in [0, 0.1) is 0 Å². The fraction of sp³-hybridized carbons (Fsp3) is 0.421. The highest BCUT2D eigenvalue weighted by atomic mass is 32.1. The molecule has 1 aliphatic rings. The van der Waals surface area contributed by atoms with Gasteiger partial charge in [0.05, 0.1) is 11.5 Å². The number of rotatable bonds is 6. The first kappa shape index (κ1) is 18.9. The zero-order chi connectivity index (χ0) is 18.6. The number of alkyl halides is 3. The van der Waals surface area contributed by atoms with E-state index < -0.39 is 12.8 Å². The summed E-state index contributed by atoms with van der Waals surface area (Å²) in [6.45, 7) is -0.965. The lowest BCUT2D eigenvalue weighted by Crippen LogP contribution is -2.21. The van der Waals surface area contributed by atoms with Crippen LogP contribution in [-0.2, 0) is 30.7 Å². The number of benzene rings is 1. The first-order chi connectivity index (χ1) is 12.4. The van der Waals surface area contributed by atoms with Crippen LogP contribution < -0.4 is 5.32 Å². The summed E-state index contributed by atoms with van der Waals surface area (Å²) in [7, 11) is 0. The third kappa shape index (κ3) is 5.32. The van der Waals surface area contributed by atoms with E-state index in [9.17, 15) is 18.0 Å². The lowest BCUT2D eigenvalue weighted by Gasteiger charge is -2.08. The van der Waals surface area contributed by atoms with Gasteiger partial charge in [-0.05, 0) is 48.4 Å². The Kier molecular flexibility index (Phi) is 5.98. The number of hydrogen-bond donors (Lipinski definition) is 1. The maximum atomic E-state index is 12.3. The maximum Gasteiger partial charge on any atom is 0.411 e. The molecule has 1 heterocycles. The summed E-state index contributed by atoms with van der Waals surface area (Å²) in [6.07, 6.45) is 0.171. The highest BCUT2D eigenvalue weighted by molar-refractivity contribution is 7.14. The Bertz CT molecular complexity index is 730. The van der Waals surface area contributed by atoms with Crippen molar-refractivity contribution in [2.45, 2.75) is 45.0 Å². The number of ether oxygens (including phenoxy) is 1. The van der Waals surface area contributed by atoms with Gasteiger partial charge in [0.2, 0.25) is 0 Å². The Morgan fingerprint density at radius 3 is 2.50 bits per heavy atom. The van der Waals surface area contributed by atoms with Gasteiger partial charge in [-0.1, -0.05) is 24.3 Å². The van der Waals surface area contributed by atoms with Gasteiger partial charge in [-0.25, -0.2) is 0 Å². The van der Waals surface area contributed by atoms with Crippen LogP contribution in [0.15, 0.2) is 30.3 Å². The van der Waals surface area contributed by atoms with Crippen molar-refractivity contribution in [3.05, 3.63) is 56.8 Å². The molecule has 3 rings (SSSR count). The summed E-state index contributed by atoms with van der Waals surface area (Å²) in [4.78, 5) is 14.4. The second kappa shape index (κ2) is 8.22. The van der Waals surface area contributed by atoms with E-state index in [1.54, 1.807) is 35.6 Å². The molecule has 0 radical (unpaired) electrons. The number of carbonyl (C=O) groups excluding carboxylic acids is 1. The number of nitrogens with one attached hydrogen (secondary N) is 1. The molecule has 1 N–H and O–H groups in total. The van der Waals surface area contributed by atoms with Crippen LogP contribution in [0.5, 0.6) is 0 Å². The SMILES string of the molecule is O=C(NCc1ccc(COCC(F)(F)F)cc1)c1cc2c(s1)CCCC2. The van der Waals surface area contributed by atoms with Gasteiger partial charge in [0.25, 0.3) is 5.91 Å². The number of amides is 1. The molecule has 0 bridgehead atoms. The van der Waals surface area contributed by atoms with Gasteiger partial charge >= 0.3 is 6.18 Å². The molecule has 0 spiro atoms. The van der Waals surface area contributed by atoms with Gasteiger partial charge in [0.15, 0.2) is 0 Å². The average molecular weight is 383 g/mol. The molecule has 1 aromatic carbocycles. The van der Waals surface area contributed by atoms with E-state index in [0.717, 1.165) is 23.3 Å². The van der Waals surface area contributed by atoms with E-state index in [2.05, 4.69) is 10.1 Å². The zero-order valence-electron chi connectivity index (χ0n) is 14.2. The minimum absolute atomic E-state index is 0.0815. The van der Waals surface area contributed by atoms with Crippen molar-refractivity contribution in [3.8, 4) is 0 Å². The number of fused-ring (bicyclic) bond motifs is 1. The predicted octanol–water partition coefficient (Wildman–Crippen LogP) is 4.64. The minimum Gasteiger partial charge on any atom is -0.367 e. The van der Waals surface area contributed by atoms with Crippen LogP contribution >= 0.6 is 11.3 Å². The van der Waals surface area contributed by atoms with Crippen LogP contribution in [0.1, 0.15) is 44.1 Å². The van der Waals surface area contributed by atoms with Gasteiger partial charge in [0.1, 0.15) is 6.61 Å². The van der Waals surface area contributed by atoms with Crippen molar-refractivity contribution in [1.82, 2.24) is 5.32 Å². The summed E-state index contributed by atoms with van der Waals surface area (Å²) in [6, 6.07) is 8.98. The van der Waals surface area contributed by atoms with E-state index in [4.69, 9.17) is 0 Å². The first-order valence-electron chi connectivity index (χ1n) is 8.53. The minimum atomic E-state index is -4.31. The van der Waals surface area contributed by atoms with Gasteiger partial charge in [0, 0.05) is 11.4 Å². The van der Waals surface area contributed by atoms with Crippen molar-refractivity contribution in [2.75, 3.05) is 6.61 Å². The van der Waals surface area contributed by atoms with E-state index in [1.807, 2.05) is 6.07 Å². The quantitative estimate of drug-likeness (QED) is 0.789. The van der Waals surface area contributed by atoms with Crippen LogP contribution in [0.3, 0.4) is 0 Å². The fourth-order valence-electron chi connectivity index (χ4n) is 2.91. The monoisotopic (exact) mass is 383 g/mol. The molecule has 0 saturated heterocycles. The molecule has 140 valence electrons. The molecule has 0 saturated carbocycles. The fourth-order valence-corrected chi connectivity index (χ4v) is 4.08. The van der Waals surface area contributed by atoms with Crippen LogP contribution in [0.2, 0.25) is 0 Å². The standard InChI is InChI=1S/C19H20F3NO2S/c20-19(21,22)12-25-11-14-7-5-13(6-8-14)10-23-18(24)17-9-15-3-1-2-4-16(15)26-17/h5-9H,1-4,10-12H2,(H,23,24). The smallest absolute Gasteiger partial charge is 0.367 e. The third-order valence-electron chi connectivity index (χ3n) is 4.23. The zero-order valence-corrected chi connectivity index (χ0v) is 15.0. The normalized spacial score (nSPS) is 14.1. The topological polar surface area (TPSA) is 38.3 Å². The molecule has 1 amide bonds. The summed E-state index contributed by atoms with van der Waals surface area (Å²) in [5.41, 5.74) is 2.85. The van der Waals surface area contributed by atoms with Gasteiger partial charge < -0.3 is 10.1 Å². The molecule has 7 heteroatoms. The second-order valence-electron chi connectivity index (χ2n) is 6.37. The van der Waals surface area contributed by atoms with Crippen molar-refractivity contribution >= 4 is 17.2 Å². The van der Waals surface area contributed by atoms with Gasteiger partial charge in [-0.2, -0.15) is 13.2 Å². The van der Waals surface area contributed by atoms with Gasteiger partial charge in [-0.3, -0.25) is 4.79 Å². The van der Waals surface area contributed by atoms with E-state index >= 15 is 0 Å². The number of aryl methyl sites for hydroxylation is 2. The number of halogens is 3. The average Bonchev–Trinajstić information content (AvgIpc) is 3.04. The largest absolute Gasteiger partial charge is 0.411 e. The predicted molar refractivity (Wildman–Crippen MR) is 94.3 cm³/mol.